The number of fused-ring (bicyclic) bond motifs is 1. The van der Waals surface area contributed by atoms with Gasteiger partial charge in [0.2, 0.25) is 5.69 Å². The monoisotopic (exact) mass is 403 g/mol. The van der Waals surface area contributed by atoms with Crippen molar-refractivity contribution in [1.29, 1.82) is 0 Å². The van der Waals surface area contributed by atoms with Crippen molar-refractivity contribution in [3.63, 3.8) is 0 Å². The second-order valence-electron chi connectivity index (χ2n) is 8.16. The van der Waals surface area contributed by atoms with Crippen LogP contribution in [0, 0.1) is 5.92 Å². The highest BCUT2D eigenvalue weighted by Crippen LogP contribution is 2.46. The summed E-state index contributed by atoms with van der Waals surface area (Å²) in [7, 11) is 2.13. The van der Waals surface area contributed by atoms with Gasteiger partial charge in [-0.2, -0.15) is 4.58 Å². The Kier molecular flexibility index (Phi) is 6.50. The van der Waals surface area contributed by atoms with E-state index in [-0.39, 0.29) is 5.41 Å². The second kappa shape index (κ2) is 8.91. The van der Waals surface area contributed by atoms with Gasteiger partial charge in [0, 0.05) is 48.1 Å². The Hall–Kier alpha value is -2.81. The number of anilines is 1. The maximum atomic E-state index is 10.7. The first kappa shape index (κ1) is 21.9. The molecule has 0 bridgehead atoms. The van der Waals surface area contributed by atoms with Crippen LogP contribution in [0.25, 0.3) is 6.08 Å². The van der Waals surface area contributed by atoms with Crippen molar-refractivity contribution in [2.24, 2.45) is 5.92 Å². The molecule has 2 aromatic rings. The van der Waals surface area contributed by atoms with Crippen molar-refractivity contribution in [2.75, 3.05) is 25.0 Å². The zero-order valence-corrected chi connectivity index (χ0v) is 19.0. The summed E-state index contributed by atoms with van der Waals surface area (Å²) in [5.74, 6) is 0.633. The molecule has 0 saturated carbocycles. The minimum atomic E-state index is -0.158. The molecule has 158 valence electrons. The Bertz CT molecular complexity index is 984. The van der Waals surface area contributed by atoms with E-state index in [1.807, 2.05) is 18.2 Å². The highest BCUT2D eigenvalue weighted by atomic mass is 16.3. The Morgan fingerprint density at radius 3 is 2.40 bits per heavy atom. The SMILES string of the molecule is C=CC(CC)C1(C)C(/C=C/c2ccc(N(CC)CC)cc2O)=[N+](C)c2ccccc21. The van der Waals surface area contributed by atoms with Crippen molar-refractivity contribution in [2.45, 2.75) is 39.5 Å². The van der Waals surface area contributed by atoms with Crippen LogP contribution in [-0.2, 0) is 5.41 Å². The fraction of sp³-hybridized carbons (Fsp3) is 0.370. The topological polar surface area (TPSA) is 26.5 Å². The van der Waals surface area contributed by atoms with Gasteiger partial charge >= 0.3 is 0 Å². The van der Waals surface area contributed by atoms with Gasteiger partial charge < -0.3 is 10.0 Å². The first-order valence-electron chi connectivity index (χ1n) is 11.0. The van der Waals surface area contributed by atoms with Gasteiger partial charge in [-0.15, -0.1) is 6.58 Å². The summed E-state index contributed by atoms with van der Waals surface area (Å²) >= 11 is 0. The number of para-hydroxylation sites is 1. The van der Waals surface area contributed by atoms with Gasteiger partial charge in [-0.05, 0) is 51.3 Å². The van der Waals surface area contributed by atoms with Crippen LogP contribution in [0.1, 0.15) is 45.2 Å². The predicted octanol–water partition coefficient (Wildman–Crippen LogP) is 6.15. The lowest BCUT2D eigenvalue weighted by molar-refractivity contribution is -0.401. The van der Waals surface area contributed by atoms with Crippen LogP contribution in [0.2, 0.25) is 0 Å². The summed E-state index contributed by atoms with van der Waals surface area (Å²) in [4.78, 5) is 2.23. The molecule has 1 aliphatic rings. The van der Waals surface area contributed by atoms with Crippen LogP contribution in [0.5, 0.6) is 5.75 Å². The Morgan fingerprint density at radius 1 is 1.10 bits per heavy atom. The number of benzene rings is 2. The van der Waals surface area contributed by atoms with Crippen molar-refractivity contribution >= 4 is 23.2 Å². The van der Waals surface area contributed by atoms with E-state index in [0.717, 1.165) is 30.8 Å². The molecular weight excluding hydrogens is 368 g/mol. The molecule has 1 heterocycles. The van der Waals surface area contributed by atoms with Crippen LogP contribution in [0.4, 0.5) is 11.4 Å². The van der Waals surface area contributed by atoms with Crippen molar-refractivity contribution in [1.82, 2.24) is 0 Å². The summed E-state index contributed by atoms with van der Waals surface area (Å²) in [6, 6.07) is 14.6. The molecule has 0 amide bonds. The van der Waals surface area contributed by atoms with Gasteiger partial charge in [-0.25, -0.2) is 0 Å². The van der Waals surface area contributed by atoms with E-state index in [0.29, 0.717) is 11.7 Å². The van der Waals surface area contributed by atoms with E-state index in [1.54, 1.807) is 0 Å². The number of phenolic OH excluding ortho intramolecular Hbond substituents is 1. The average molecular weight is 404 g/mol. The van der Waals surface area contributed by atoms with Crippen LogP contribution < -0.4 is 4.90 Å². The van der Waals surface area contributed by atoms with Crippen LogP contribution in [0.15, 0.2) is 61.2 Å². The molecule has 2 aromatic carbocycles. The summed E-state index contributed by atoms with van der Waals surface area (Å²) in [6.07, 6.45) is 7.30. The van der Waals surface area contributed by atoms with Gasteiger partial charge in [-0.3, -0.25) is 0 Å². The quantitative estimate of drug-likeness (QED) is 0.423. The number of allylic oxidation sites excluding steroid dienone is 2. The first-order chi connectivity index (χ1) is 14.4. The van der Waals surface area contributed by atoms with E-state index in [4.69, 9.17) is 0 Å². The fourth-order valence-corrected chi connectivity index (χ4v) is 4.93. The van der Waals surface area contributed by atoms with Crippen molar-refractivity contribution < 1.29 is 9.68 Å². The van der Waals surface area contributed by atoms with Gasteiger partial charge in [0.1, 0.15) is 12.8 Å². The summed E-state index contributed by atoms with van der Waals surface area (Å²) < 4.78 is 2.28. The number of hydrogen-bond acceptors (Lipinski definition) is 2. The van der Waals surface area contributed by atoms with Crippen LogP contribution in [-0.4, -0.2) is 35.5 Å². The fourth-order valence-electron chi connectivity index (χ4n) is 4.93. The number of aromatic hydroxyl groups is 1. The van der Waals surface area contributed by atoms with Gasteiger partial charge in [0.05, 0.1) is 5.41 Å². The molecule has 0 radical (unpaired) electrons. The molecule has 3 heteroatoms. The first-order valence-corrected chi connectivity index (χ1v) is 11.0. The third kappa shape index (κ3) is 3.58. The molecule has 2 atom stereocenters. The van der Waals surface area contributed by atoms with Gasteiger partial charge in [0.25, 0.3) is 0 Å². The largest absolute Gasteiger partial charge is 0.507 e. The molecule has 1 N–H and O–H groups in total. The molecule has 30 heavy (non-hydrogen) atoms. The van der Waals surface area contributed by atoms with Gasteiger partial charge in [0.15, 0.2) is 5.71 Å². The maximum absolute atomic E-state index is 10.7. The van der Waals surface area contributed by atoms with Crippen molar-refractivity contribution in [3.05, 3.63) is 72.3 Å². The average Bonchev–Trinajstić information content (AvgIpc) is 2.97. The number of hydrogen-bond donors (Lipinski definition) is 1. The number of rotatable bonds is 8. The zero-order valence-electron chi connectivity index (χ0n) is 19.0. The Labute approximate surface area is 181 Å². The molecule has 0 fully saturated rings. The smallest absolute Gasteiger partial charge is 0.209 e. The maximum Gasteiger partial charge on any atom is 0.209 e. The van der Waals surface area contributed by atoms with Gasteiger partial charge in [-0.1, -0.05) is 31.2 Å². The molecule has 1 aliphatic heterocycles. The highest BCUT2D eigenvalue weighted by molar-refractivity contribution is 6.06. The second-order valence-corrected chi connectivity index (χ2v) is 8.16. The van der Waals surface area contributed by atoms with E-state index in [9.17, 15) is 5.11 Å². The molecule has 0 saturated heterocycles. The van der Waals surface area contributed by atoms with Crippen LogP contribution in [0.3, 0.4) is 0 Å². The lowest BCUT2D eigenvalue weighted by Gasteiger charge is -2.29. The Morgan fingerprint density at radius 2 is 1.80 bits per heavy atom. The summed E-state index contributed by atoms with van der Waals surface area (Å²) in [6.45, 7) is 14.8. The summed E-state index contributed by atoms with van der Waals surface area (Å²) in [5.41, 5.74) is 5.52. The molecule has 3 nitrogen and oxygen atoms in total. The van der Waals surface area contributed by atoms with E-state index < -0.39 is 0 Å². The standard InChI is InChI=1S/C27H34N2O/c1-7-21(8-2)27(5)23-13-11-12-14-24(23)28(6)26(27)18-16-20-15-17-22(19-25(20)30)29(9-3)10-4/h7,11-19,21H,1,8-10H2,2-6H3/p+1. The minimum Gasteiger partial charge on any atom is -0.507 e. The lowest BCUT2D eigenvalue weighted by atomic mass is 9.68. The Balaban J connectivity index is 2.03. The normalized spacial score (nSPS) is 19.2. The van der Waals surface area contributed by atoms with E-state index in [2.05, 4.69) is 93.3 Å². The molecule has 2 unspecified atom stereocenters. The third-order valence-corrected chi connectivity index (χ3v) is 6.75. The predicted molar refractivity (Wildman–Crippen MR) is 129 cm³/mol. The molecule has 0 spiro atoms. The summed E-state index contributed by atoms with van der Waals surface area (Å²) in [5, 5.41) is 10.7. The lowest BCUT2D eigenvalue weighted by Crippen LogP contribution is -2.37. The van der Waals surface area contributed by atoms with Crippen molar-refractivity contribution in [3.8, 4) is 5.75 Å². The third-order valence-electron chi connectivity index (χ3n) is 6.75. The molecular formula is C27H35N2O+. The van der Waals surface area contributed by atoms with Crippen LogP contribution >= 0.6 is 0 Å². The number of phenols is 1. The zero-order chi connectivity index (χ0) is 21.9. The van der Waals surface area contributed by atoms with E-state index in [1.165, 1.54) is 17.0 Å². The number of nitrogens with zero attached hydrogens (tertiary/aromatic N) is 2. The molecule has 0 aromatic heterocycles. The molecule has 0 aliphatic carbocycles. The minimum absolute atomic E-state index is 0.158. The highest BCUT2D eigenvalue weighted by Gasteiger charge is 2.49. The molecule has 3 rings (SSSR count). The van der Waals surface area contributed by atoms with E-state index >= 15 is 0 Å².